The van der Waals surface area contributed by atoms with Crippen molar-refractivity contribution in [2.45, 2.75) is 12.5 Å². The van der Waals surface area contributed by atoms with Crippen LogP contribution in [-0.2, 0) is 4.74 Å². The van der Waals surface area contributed by atoms with E-state index in [0.29, 0.717) is 51.1 Å². The van der Waals surface area contributed by atoms with Crippen LogP contribution in [0.25, 0.3) is 22.2 Å². The van der Waals surface area contributed by atoms with E-state index in [9.17, 15) is 18.0 Å². The molecule has 2 aromatic carbocycles. The van der Waals surface area contributed by atoms with Gasteiger partial charge in [-0.25, -0.2) is 17.6 Å². The van der Waals surface area contributed by atoms with Crippen LogP contribution in [0.5, 0.6) is 5.75 Å². The average Bonchev–Trinajstić information content (AvgIpc) is 2.95. The third-order valence-corrected chi connectivity index (χ3v) is 6.91. The Kier molecular flexibility index (Phi) is 6.51. The van der Waals surface area contributed by atoms with Gasteiger partial charge in [0.05, 0.1) is 54.4 Å². The first-order valence-corrected chi connectivity index (χ1v) is 12.4. The van der Waals surface area contributed by atoms with Crippen molar-refractivity contribution in [2.24, 2.45) is 0 Å². The number of rotatable bonds is 4. The van der Waals surface area contributed by atoms with Crippen LogP contribution in [0.3, 0.4) is 0 Å². The number of morpholine rings is 1. The number of hydrogen-bond donors (Lipinski definition) is 1. The molecule has 0 unspecified atom stereocenters. The molecule has 0 spiro atoms. The largest absolute Gasteiger partial charge is 0.493 e. The summed E-state index contributed by atoms with van der Waals surface area (Å²) >= 11 is 0. The minimum Gasteiger partial charge on any atom is -0.493 e. The Bertz CT molecular complexity index is 1590. The maximum absolute atomic E-state index is 15.5. The van der Waals surface area contributed by atoms with Gasteiger partial charge in [0.1, 0.15) is 17.1 Å². The maximum atomic E-state index is 15.5. The predicted molar refractivity (Wildman–Crippen MR) is 135 cm³/mol. The summed E-state index contributed by atoms with van der Waals surface area (Å²) in [4.78, 5) is 23.7. The molecule has 1 amide bonds. The Morgan fingerprint density at radius 3 is 2.59 bits per heavy atom. The molecule has 4 aromatic rings. The molecule has 2 aliphatic rings. The smallest absolute Gasteiger partial charge is 0.255 e. The molecule has 0 aliphatic carbocycles. The number of ether oxygens (including phenoxy) is 2. The lowest BCUT2D eigenvalue weighted by Crippen LogP contribution is -2.39. The Morgan fingerprint density at radius 1 is 0.974 bits per heavy atom. The molecule has 4 heterocycles. The van der Waals surface area contributed by atoms with Crippen molar-refractivity contribution in [3.8, 4) is 17.0 Å². The number of halogens is 4. The summed E-state index contributed by atoms with van der Waals surface area (Å²) in [6, 6.07) is 8.22. The van der Waals surface area contributed by atoms with Crippen LogP contribution in [0.2, 0.25) is 0 Å². The summed E-state index contributed by atoms with van der Waals surface area (Å²) in [6.07, 6.45) is 2.62. The normalized spacial score (nSPS) is 17.0. The molecule has 39 heavy (non-hydrogen) atoms. The summed E-state index contributed by atoms with van der Waals surface area (Å²) < 4.78 is 69.5. The zero-order chi connectivity index (χ0) is 27.1. The number of carbonyl (C=O) groups is 1. The van der Waals surface area contributed by atoms with E-state index in [1.165, 1.54) is 6.20 Å². The summed E-state index contributed by atoms with van der Waals surface area (Å²) in [5, 5.41) is 2.91. The number of anilines is 1. The number of fused-ring (bicyclic) bond motifs is 2. The van der Waals surface area contributed by atoms with Gasteiger partial charge in [-0.05, 0) is 12.1 Å². The molecule has 6 rings (SSSR count). The van der Waals surface area contributed by atoms with Crippen molar-refractivity contribution in [2.75, 3.05) is 37.8 Å². The first-order chi connectivity index (χ1) is 18.9. The number of para-hydroxylation sites is 1. The van der Waals surface area contributed by atoms with Crippen LogP contribution in [0.4, 0.5) is 23.2 Å². The third kappa shape index (κ3) is 4.52. The zero-order valence-corrected chi connectivity index (χ0v) is 20.5. The van der Waals surface area contributed by atoms with E-state index in [2.05, 4.69) is 15.3 Å². The van der Waals surface area contributed by atoms with E-state index in [-0.39, 0.29) is 33.9 Å². The van der Waals surface area contributed by atoms with Gasteiger partial charge in [-0.1, -0.05) is 18.2 Å². The molecule has 0 saturated carbocycles. The minimum atomic E-state index is -1.41. The molecule has 200 valence electrons. The first kappa shape index (κ1) is 25.1. The molecule has 1 saturated heterocycles. The fraction of sp³-hybridized carbons (Fsp3) is 0.250. The number of amides is 1. The van der Waals surface area contributed by atoms with Crippen LogP contribution in [0.15, 0.2) is 48.8 Å². The SMILES string of the molecule is O=C(N[C@H]1CCOc2ccccc21)c1cnc2c(-c3cc(F)cc(F)c3F)ncc(F)c2c1N1CCOCC1. The summed E-state index contributed by atoms with van der Waals surface area (Å²) in [7, 11) is 0. The van der Waals surface area contributed by atoms with Crippen molar-refractivity contribution in [1.82, 2.24) is 15.3 Å². The molecule has 1 fully saturated rings. The van der Waals surface area contributed by atoms with Gasteiger partial charge in [0, 0.05) is 42.9 Å². The lowest BCUT2D eigenvalue weighted by atomic mass is 9.99. The van der Waals surface area contributed by atoms with Crippen LogP contribution in [-0.4, -0.2) is 48.8 Å². The number of hydrogen-bond acceptors (Lipinski definition) is 6. The molecule has 2 aromatic heterocycles. The highest BCUT2D eigenvalue weighted by atomic mass is 19.2. The molecule has 7 nitrogen and oxygen atoms in total. The van der Waals surface area contributed by atoms with Crippen molar-refractivity contribution in [3.63, 3.8) is 0 Å². The second-order valence-corrected chi connectivity index (χ2v) is 9.25. The Labute approximate surface area is 220 Å². The van der Waals surface area contributed by atoms with Crippen molar-refractivity contribution in [3.05, 3.63) is 83.2 Å². The molecule has 1 atom stereocenters. The van der Waals surface area contributed by atoms with Gasteiger partial charge in [-0.3, -0.25) is 14.8 Å². The number of nitrogens with zero attached hydrogens (tertiary/aromatic N) is 3. The number of pyridine rings is 2. The number of aromatic nitrogens is 2. The molecule has 2 aliphatic heterocycles. The lowest BCUT2D eigenvalue weighted by molar-refractivity contribution is 0.0923. The minimum absolute atomic E-state index is 0.0929. The molecule has 1 N–H and O–H groups in total. The van der Waals surface area contributed by atoms with Gasteiger partial charge < -0.3 is 19.7 Å². The molecular weight excluding hydrogens is 516 g/mol. The highest BCUT2D eigenvalue weighted by Crippen LogP contribution is 2.38. The topological polar surface area (TPSA) is 76.6 Å². The fourth-order valence-electron chi connectivity index (χ4n) is 5.09. The zero-order valence-electron chi connectivity index (χ0n) is 20.5. The van der Waals surface area contributed by atoms with E-state index in [0.717, 1.165) is 17.8 Å². The number of nitrogens with one attached hydrogen (secondary N) is 1. The number of carbonyl (C=O) groups excluding carboxylic acids is 1. The van der Waals surface area contributed by atoms with Crippen molar-refractivity contribution < 1.29 is 31.8 Å². The van der Waals surface area contributed by atoms with E-state index >= 15 is 4.39 Å². The van der Waals surface area contributed by atoms with Crippen LogP contribution < -0.4 is 15.0 Å². The third-order valence-electron chi connectivity index (χ3n) is 6.91. The second kappa shape index (κ2) is 10.1. The Morgan fingerprint density at radius 2 is 1.77 bits per heavy atom. The molecular formula is C28H22F4N4O3. The number of benzene rings is 2. The monoisotopic (exact) mass is 538 g/mol. The van der Waals surface area contributed by atoms with Crippen molar-refractivity contribution in [1.29, 1.82) is 0 Å². The van der Waals surface area contributed by atoms with Gasteiger partial charge in [-0.2, -0.15) is 0 Å². The van der Waals surface area contributed by atoms with E-state index in [1.807, 2.05) is 24.3 Å². The summed E-state index contributed by atoms with van der Waals surface area (Å²) in [6.45, 7) is 1.77. The van der Waals surface area contributed by atoms with Crippen LogP contribution in [0.1, 0.15) is 28.4 Å². The van der Waals surface area contributed by atoms with E-state index in [1.54, 1.807) is 4.90 Å². The average molecular weight is 539 g/mol. The van der Waals surface area contributed by atoms with Gasteiger partial charge in [0.2, 0.25) is 0 Å². The fourth-order valence-corrected chi connectivity index (χ4v) is 5.09. The van der Waals surface area contributed by atoms with Gasteiger partial charge in [0.25, 0.3) is 5.91 Å². The van der Waals surface area contributed by atoms with E-state index < -0.39 is 34.7 Å². The summed E-state index contributed by atoms with van der Waals surface area (Å²) in [5.74, 6) is -4.41. The first-order valence-electron chi connectivity index (χ1n) is 12.4. The van der Waals surface area contributed by atoms with Gasteiger partial charge >= 0.3 is 0 Å². The quantitative estimate of drug-likeness (QED) is 0.293. The van der Waals surface area contributed by atoms with Gasteiger partial charge in [0.15, 0.2) is 17.5 Å². The van der Waals surface area contributed by atoms with Crippen LogP contribution in [0, 0.1) is 23.3 Å². The Balaban J connectivity index is 1.51. The second-order valence-electron chi connectivity index (χ2n) is 9.25. The highest BCUT2D eigenvalue weighted by Gasteiger charge is 2.29. The van der Waals surface area contributed by atoms with Gasteiger partial charge in [-0.15, -0.1) is 0 Å². The molecule has 11 heteroatoms. The maximum Gasteiger partial charge on any atom is 0.255 e. The molecule has 0 bridgehead atoms. The standard InChI is InChI=1S/C28H22F4N4O3/c29-15-11-17(24(32)19(30)12-15)25-26-23(20(31)14-34-25)27(36-6-9-38-10-7-36)18(13-33-26)28(37)35-21-5-8-39-22-4-2-1-3-16(21)22/h1-4,11-14,21H,5-10H2,(H,35,37)/t21-/m0/s1. The van der Waals surface area contributed by atoms with Crippen LogP contribution >= 0.6 is 0 Å². The van der Waals surface area contributed by atoms with E-state index in [4.69, 9.17) is 9.47 Å². The Hall–Kier alpha value is -4.25. The lowest BCUT2D eigenvalue weighted by Gasteiger charge is -2.32. The summed E-state index contributed by atoms with van der Waals surface area (Å²) in [5.41, 5.74) is 0.249. The predicted octanol–water partition coefficient (Wildman–Crippen LogP) is 4.94. The van der Waals surface area contributed by atoms with Crippen molar-refractivity contribution >= 4 is 22.5 Å². The molecule has 0 radical (unpaired) electrons. The highest BCUT2D eigenvalue weighted by molar-refractivity contribution is 6.10.